The van der Waals surface area contributed by atoms with Crippen LogP contribution < -0.4 is 10.6 Å². The molecular formula is C25H26N2O5S. The zero-order valence-electron chi connectivity index (χ0n) is 18.7. The van der Waals surface area contributed by atoms with Crippen LogP contribution in [0.1, 0.15) is 46.6 Å². The highest BCUT2D eigenvalue weighted by molar-refractivity contribution is 7.90. The Labute approximate surface area is 193 Å². The van der Waals surface area contributed by atoms with Crippen molar-refractivity contribution in [2.24, 2.45) is 0 Å². The van der Waals surface area contributed by atoms with Crippen molar-refractivity contribution in [3.63, 3.8) is 0 Å². The summed E-state index contributed by atoms with van der Waals surface area (Å²) in [5, 5.41) is 5.58. The van der Waals surface area contributed by atoms with E-state index in [-0.39, 0.29) is 16.6 Å². The van der Waals surface area contributed by atoms with Gasteiger partial charge in [0.25, 0.3) is 11.8 Å². The zero-order valence-corrected chi connectivity index (χ0v) is 19.5. The lowest BCUT2D eigenvalue weighted by molar-refractivity contribution is -0.118. The fourth-order valence-electron chi connectivity index (χ4n) is 3.18. The van der Waals surface area contributed by atoms with Gasteiger partial charge in [-0.25, -0.2) is 8.42 Å². The van der Waals surface area contributed by atoms with Crippen molar-refractivity contribution < 1.29 is 22.4 Å². The number of nitrogens with one attached hydrogen (secondary N) is 2. The van der Waals surface area contributed by atoms with Gasteiger partial charge in [-0.2, -0.15) is 0 Å². The van der Waals surface area contributed by atoms with Crippen LogP contribution in [0.4, 0.5) is 0 Å². The first-order valence-electron chi connectivity index (χ1n) is 10.4. The number of carbonyl (C=O) groups excluding carboxylic acids is 2. The maximum atomic E-state index is 13.1. The number of carbonyl (C=O) groups is 2. The summed E-state index contributed by atoms with van der Waals surface area (Å²) in [4.78, 5) is 26.1. The molecule has 1 atom stereocenters. The third-order valence-corrected chi connectivity index (χ3v) is 6.19. The summed E-state index contributed by atoms with van der Waals surface area (Å²) in [5.74, 6) is -0.505. The normalized spacial score (nSPS) is 12.8. The van der Waals surface area contributed by atoms with E-state index in [0.717, 1.165) is 17.4 Å². The van der Waals surface area contributed by atoms with Gasteiger partial charge in [0.15, 0.2) is 9.84 Å². The van der Waals surface area contributed by atoms with Gasteiger partial charge in [0.05, 0.1) is 17.2 Å². The molecule has 0 aliphatic carbocycles. The minimum Gasteiger partial charge on any atom is -0.465 e. The van der Waals surface area contributed by atoms with E-state index in [2.05, 4.69) is 10.6 Å². The molecule has 0 bridgehead atoms. The number of hydrogen-bond acceptors (Lipinski definition) is 5. The van der Waals surface area contributed by atoms with Crippen molar-refractivity contribution in [1.29, 1.82) is 0 Å². The highest BCUT2D eigenvalue weighted by atomic mass is 32.2. The highest BCUT2D eigenvalue weighted by Crippen LogP contribution is 2.20. The Morgan fingerprint density at radius 1 is 1.03 bits per heavy atom. The van der Waals surface area contributed by atoms with Crippen LogP contribution in [0.5, 0.6) is 0 Å². The Kier molecular flexibility index (Phi) is 7.50. The molecule has 172 valence electrons. The second-order valence-electron chi connectivity index (χ2n) is 7.67. The highest BCUT2D eigenvalue weighted by Gasteiger charge is 2.20. The zero-order chi connectivity index (χ0) is 24.0. The van der Waals surface area contributed by atoms with Gasteiger partial charge in [0.1, 0.15) is 11.5 Å². The average Bonchev–Trinajstić information content (AvgIpc) is 3.30. The molecule has 0 aliphatic heterocycles. The lowest BCUT2D eigenvalue weighted by atomic mass is 10.0. The molecule has 0 fully saturated rings. The third kappa shape index (κ3) is 6.43. The SMILES string of the molecule is CCC(NC(=O)/C(=C/c1ccco1)NC(=O)c1ccc(C)cc1)c1ccc(S(C)(=O)=O)cc1. The van der Waals surface area contributed by atoms with Crippen LogP contribution in [0.25, 0.3) is 6.08 Å². The molecule has 0 saturated carbocycles. The minimum absolute atomic E-state index is 0.0294. The molecule has 33 heavy (non-hydrogen) atoms. The predicted molar refractivity (Wildman–Crippen MR) is 126 cm³/mol. The lowest BCUT2D eigenvalue weighted by Crippen LogP contribution is -2.36. The summed E-state index contributed by atoms with van der Waals surface area (Å²) in [5.41, 5.74) is 2.22. The van der Waals surface area contributed by atoms with E-state index in [1.807, 2.05) is 26.0 Å². The molecule has 0 aliphatic rings. The van der Waals surface area contributed by atoms with Crippen molar-refractivity contribution in [2.45, 2.75) is 31.2 Å². The van der Waals surface area contributed by atoms with Crippen LogP contribution in [-0.2, 0) is 14.6 Å². The summed E-state index contributed by atoms with van der Waals surface area (Å²) < 4.78 is 28.7. The first-order chi connectivity index (χ1) is 15.7. The van der Waals surface area contributed by atoms with Gasteiger partial charge in [-0.05, 0) is 55.3 Å². The second-order valence-corrected chi connectivity index (χ2v) is 9.68. The Hall–Kier alpha value is -3.65. The number of rotatable bonds is 8. The van der Waals surface area contributed by atoms with E-state index in [9.17, 15) is 18.0 Å². The number of amides is 2. The second kappa shape index (κ2) is 10.3. The quantitative estimate of drug-likeness (QED) is 0.488. The van der Waals surface area contributed by atoms with Crippen LogP contribution in [0.15, 0.2) is 81.9 Å². The van der Waals surface area contributed by atoms with Gasteiger partial charge < -0.3 is 15.1 Å². The van der Waals surface area contributed by atoms with Crippen molar-refractivity contribution in [1.82, 2.24) is 10.6 Å². The summed E-state index contributed by atoms with van der Waals surface area (Å²) in [6.45, 7) is 3.82. The Morgan fingerprint density at radius 3 is 2.24 bits per heavy atom. The van der Waals surface area contributed by atoms with E-state index < -0.39 is 21.7 Å². The van der Waals surface area contributed by atoms with E-state index >= 15 is 0 Å². The smallest absolute Gasteiger partial charge is 0.268 e. The topological polar surface area (TPSA) is 105 Å². The van der Waals surface area contributed by atoms with Crippen molar-refractivity contribution >= 4 is 27.7 Å². The Bertz CT molecular complexity index is 1240. The first kappa shape index (κ1) is 24.0. The Morgan fingerprint density at radius 2 is 1.70 bits per heavy atom. The van der Waals surface area contributed by atoms with Gasteiger partial charge in [-0.15, -0.1) is 0 Å². The van der Waals surface area contributed by atoms with Gasteiger partial charge >= 0.3 is 0 Å². The molecule has 2 aromatic carbocycles. The fourth-order valence-corrected chi connectivity index (χ4v) is 3.81. The van der Waals surface area contributed by atoms with Crippen molar-refractivity contribution in [3.8, 4) is 0 Å². The summed E-state index contributed by atoms with van der Waals surface area (Å²) in [6, 6.07) is 16.3. The third-order valence-electron chi connectivity index (χ3n) is 5.06. The van der Waals surface area contributed by atoms with E-state index in [1.165, 1.54) is 24.5 Å². The van der Waals surface area contributed by atoms with Crippen LogP contribution in [0, 0.1) is 6.92 Å². The predicted octanol–water partition coefficient (Wildman–Crippen LogP) is 4.03. The molecule has 7 nitrogen and oxygen atoms in total. The van der Waals surface area contributed by atoms with Crippen LogP contribution >= 0.6 is 0 Å². The maximum Gasteiger partial charge on any atom is 0.268 e. The van der Waals surface area contributed by atoms with Crippen molar-refractivity contribution in [3.05, 3.63) is 95.1 Å². The molecule has 8 heteroatoms. The number of aryl methyl sites for hydroxylation is 1. The molecule has 0 saturated heterocycles. The van der Waals surface area contributed by atoms with Gasteiger partial charge in [0.2, 0.25) is 0 Å². The van der Waals surface area contributed by atoms with Crippen LogP contribution in [-0.4, -0.2) is 26.5 Å². The van der Waals surface area contributed by atoms with Crippen LogP contribution in [0.2, 0.25) is 0 Å². The first-order valence-corrected chi connectivity index (χ1v) is 12.3. The van der Waals surface area contributed by atoms with Gasteiger partial charge in [0, 0.05) is 17.9 Å². The summed E-state index contributed by atoms with van der Waals surface area (Å²) >= 11 is 0. The number of sulfone groups is 1. The number of hydrogen-bond donors (Lipinski definition) is 2. The molecule has 3 aromatic rings. The monoisotopic (exact) mass is 466 g/mol. The summed E-state index contributed by atoms with van der Waals surface area (Å²) in [6.07, 6.45) is 4.63. The van der Waals surface area contributed by atoms with Gasteiger partial charge in [-0.3, -0.25) is 9.59 Å². The number of benzene rings is 2. The standard InChI is InChI=1S/C25H26N2O5S/c1-4-22(18-11-13-21(14-12-18)33(3,30)31)26-25(29)23(16-20-6-5-15-32-20)27-24(28)19-9-7-17(2)8-10-19/h5-16,22H,4H2,1-3H3,(H,26,29)(H,27,28)/b23-16-. The minimum atomic E-state index is -3.31. The molecular weight excluding hydrogens is 440 g/mol. The van der Waals surface area contributed by atoms with Crippen LogP contribution in [0.3, 0.4) is 0 Å². The largest absolute Gasteiger partial charge is 0.465 e. The average molecular weight is 467 g/mol. The molecule has 2 amide bonds. The number of furan rings is 1. The molecule has 0 radical (unpaired) electrons. The molecule has 1 heterocycles. The maximum absolute atomic E-state index is 13.1. The fraction of sp³-hybridized carbons (Fsp3) is 0.200. The molecule has 1 unspecified atom stereocenters. The molecule has 0 spiro atoms. The summed E-state index contributed by atoms with van der Waals surface area (Å²) in [7, 11) is -3.31. The lowest BCUT2D eigenvalue weighted by Gasteiger charge is -2.19. The van der Waals surface area contributed by atoms with Gasteiger partial charge in [-0.1, -0.05) is 36.8 Å². The van der Waals surface area contributed by atoms with Crippen molar-refractivity contribution in [2.75, 3.05) is 6.26 Å². The molecule has 3 rings (SSSR count). The van der Waals surface area contributed by atoms with E-state index in [0.29, 0.717) is 17.7 Å². The molecule has 2 N–H and O–H groups in total. The van der Waals surface area contributed by atoms with E-state index in [4.69, 9.17) is 4.42 Å². The molecule has 1 aromatic heterocycles. The van der Waals surface area contributed by atoms with E-state index in [1.54, 1.807) is 36.4 Å². The Balaban J connectivity index is 1.83.